The van der Waals surface area contributed by atoms with Crippen LogP contribution in [0.2, 0.25) is 0 Å². The second-order valence-corrected chi connectivity index (χ2v) is 3.70. The van der Waals surface area contributed by atoms with Crippen LogP contribution in [0.1, 0.15) is 11.8 Å². The Morgan fingerprint density at radius 3 is 3.06 bits per heavy atom. The zero-order chi connectivity index (χ0) is 12.7. The summed E-state index contributed by atoms with van der Waals surface area (Å²) in [6, 6.07) is 0. The van der Waals surface area contributed by atoms with E-state index in [1.54, 1.807) is 6.92 Å². The van der Waals surface area contributed by atoms with Gasteiger partial charge in [0.1, 0.15) is 5.70 Å². The highest BCUT2D eigenvalue weighted by atomic mass is 32.1. The fourth-order valence-corrected chi connectivity index (χ4v) is 1.61. The molecule has 0 atom stereocenters. The van der Waals surface area contributed by atoms with Crippen molar-refractivity contribution in [1.82, 2.24) is 4.98 Å². The number of hydrogen-bond acceptors (Lipinski definition) is 6. The highest BCUT2D eigenvalue weighted by Gasteiger charge is 2.09. The molecule has 0 aliphatic heterocycles. The summed E-state index contributed by atoms with van der Waals surface area (Å²) in [4.78, 5) is 18.5. The molecule has 0 saturated heterocycles. The first kappa shape index (κ1) is 13.0. The fraction of sp³-hybridized carbons (Fsp3) is 0.333. The summed E-state index contributed by atoms with van der Waals surface area (Å²) >= 11 is 1.22. The Hall–Kier alpha value is -2.05. The van der Waals surface area contributed by atoms with Crippen LogP contribution in [-0.4, -0.2) is 24.7 Å². The van der Waals surface area contributed by atoms with E-state index in [0.717, 1.165) is 0 Å². The van der Waals surface area contributed by atoms with Gasteiger partial charge in [-0.3, -0.25) is 0 Å². The van der Waals surface area contributed by atoms with E-state index in [4.69, 9.17) is 15.0 Å². The van der Waals surface area contributed by atoms with Crippen molar-refractivity contribution in [3.05, 3.63) is 27.2 Å². The topological polar surface area (TPSA) is 97.2 Å². The average molecular weight is 254 g/mol. The molecule has 7 nitrogen and oxygen atoms in total. The van der Waals surface area contributed by atoms with Crippen LogP contribution >= 0.6 is 11.3 Å². The third kappa shape index (κ3) is 3.78. The summed E-state index contributed by atoms with van der Waals surface area (Å²) in [7, 11) is 1.49. The number of azide groups is 1. The molecular formula is C9H10N4O3S. The van der Waals surface area contributed by atoms with Crippen molar-refractivity contribution in [1.29, 1.82) is 0 Å². The van der Waals surface area contributed by atoms with Crippen molar-refractivity contribution >= 4 is 23.4 Å². The number of carbonyl (C=O) groups is 1. The summed E-state index contributed by atoms with van der Waals surface area (Å²) < 4.78 is 9.65. The molecule has 0 saturated carbocycles. The van der Waals surface area contributed by atoms with Crippen molar-refractivity contribution in [3.63, 3.8) is 0 Å². The molecule has 0 fully saturated rings. The van der Waals surface area contributed by atoms with Crippen molar-refractivity contribution in [2.45, 2.75) is 6.92 Å². The van der Waals surface area contributed by atoms with Crippen molar-refractivity contribution in [3.8, 4) is 5.19 Å². The minimum Gasteiger partial charge on any atom is -0.473 e. The Kier molecular flexibility index (Phi) is 4.99. The van der Waals surface area contributed by atoms with Crippen LogP contribution in [0.5, 0.6) is 5.19 Å². The average Bonchev–Trinajstić information content (AvgIpc) is 2.76. The first-order valence-corrected chi connectivity index (χ1v) is 5.46. The van der Waals surface area contributed by atoms with Gasteiger partial charge in [-0.1, -0.05) is 16.5 Å². The number of aromatic nitrogens is 1. The van der Waals surface area contributed by atoms with Crippen LogP contribution < -0.4 is 4.74 Å². The Balaban J connectivity index is 2.97. The lowest BCUT2D eigenvalue weighted by Crippen LogP contribution is -2.05. The van der Waals surface area contributed by atoms with E-state index in [1.807, 2.05) is 0 Å². The quantitative estimate of drug-likeness (QED) is 0.265. The van der Waals surface area contributed by atoms with E-state index >= 15 is 0 Å². The minimum atomic E-state index is -0.669. The van der Waals surface area contributed by atoms with E-state index in [9.17, 15) is 4.79 Å². The van der Waals surface area contributed by atoms with E-state index in [2.05, 4.69) is 15.0 Å². The number of thiazole rings is 1. The van der Waals surface area contributed by atoms with Crippen molar-refractivity contribution in [2.75, 3.05) is 13.7 Å². The third-order valence-corrected chi connectivity index (χ3v) is 2.50. The van der Waals surface area contributed by atoms with Crippen LogP contribution in [0.4, 0.5) is 0 Å². The van der Waals surface area contributed by atoms with Gasteiger partial charge in [-0.15, -0.1) is 0 Å². The van der Waals surface area contributed by atoms with E-state index in [1.165, 1.54) is 30.7 Å². The number of carbonyl (C=O) groups excluding carboxylic acids is 1. The molecule has 0 aliphatic carbocycles. The van der Waals surface area contributed by atoms with Gasteiger partial charge in [-0.2, -0.15) is 0 Å². The maximum absolute atomic E-state index is 11.4. The van der Waals surface area contributed by atoms with Crippen LogP contribution in [0, 0.1) is 0 Å². The molecule has 0 spiro atoms. The lowest BCUT2D eigenvalue weighted by atomic mass is 10.4. The van der Waals surface area contributed by atoms with Crippen LogP contribution in [0.15, 0.2) is 17.0 Å². The van der Waals surface area contributed by atoms with Gasteiger partial charge in [-0.25, -0.2) is 9.78 Å². The Morgan fingerprint density at radius 1 is 1.76 bits per heavy atom. The first-order valence-electron chi connectivity index (χ1n) is 4.65. The predicted octanol–water partition coefficient (Wildman–Crippen LogP) is 2.37. The molecule has 0 amide bonds. The van der Waals surface area contributed by atoms with Crippen LogP contribution in [-0.2, 0) is 9.53 Å². The minimum absolute atomic E-state index is 0.111. The van der Waals surface area contributed by atoms with Gasteiger partial charge in [0.2, 0.25) is 0 Å². The highest BCUT2D eigenvalue weighted by molar-refractivity contribution is 7.14. The van der Waals surface area contributed by atoms with Crippen molar-refractivity contribution in [2.24, 2.45) is 5.11 Å². The van der Waals surface area contributed by atoms with Crippen molar-refractivity contribution < 1.29 is 14.3 Å². The molecule has 1 aromatic heterocycles. The zero-order valence-electron chi connectivity index (χ0n) is 9.28. The molecule has 0 aliphatic rings. The second-order valence-electron chi connectivity index (χ2n) is 2.67. The lowest BCUT2D eigenvalue weighted by molar-refractivity contribution is -0.138. The lowest BCUT2D eigenvalue weighted by Gasteiger charge is -1.99. The van der Waals surface area contributed by atoms with Gasteiger partial charge in [0, 0.05) is 11.1 Å². The number of nitrogens with zero attached hydrogens (tertiary/aromatic N) is 4. The van der Waals surface area contributed by atoms with Gasteiger partial charge >= 0.3 is 5.97 Å². The van der Waals surface area contributed by atoms with E-state index < -0.39 is 5.97 Å². The maximum atomic E-state index is 11.4. The zero-order valence-corrected chi connectivity index (χ0v) is 10.1. The third-order valence-electron chi connectivity index (χ3n) is 1.59. The molecule has 1 aromatic rings. The Labute approximate surface area is 101 Å². The summed E-state index contributed by atoms with van der Waals surface area (Å²) in [5, 5.41) is 3.74. The second kappa shape index (κ2) is 6.51. The molecule has 1 rings (SSSR count). The smallest absolute Gasteiger partial charge is 0.340 e. The van der Waals surface area contributed by atoms with Gasteiger partial charge in [0.25, 0.3) is 5.19 Å². The largest absolute Gasteiger partial charge is 0.473 e. The molecule has 0 radical (unpaired) electrons. The molecule has 8 heteroatoms. The number of hydrogen-bond donors (Lipinski definition) is 0. The SMILES string of the molecule is CCOC(=O)C(=Cc1cnc(OC)s1)N=[N+]=[N-]. The van der Waals surface area contributed by atoms with Gasteiger partial charge in [0.15, 0.2) is 0 Å². The Morgan fingerprint density at radius 2 is 2.53 bits per heavy atom. The molecule has 90 valence electrons. The van der Waals surface area contributed by atoms with E-state index in [0.29, 0.717) is 10.1 Å². The highest BCUT2D eigenvalue weighted by Crippen LogP contribution is 2.22. The molecular weight excluding hydrogens is 244 g/mol. The summed E-state index contributed by atoms with van der Waals surface area (Å²) in [5.41, 5.74) is 8.25. The predicted molar refractivity (Wildman–Crippen MR) is 62.4 cm³/mol. The summed E-state index contributed by atoms with van der Waals surface area (Å²) in [5.74, 6) is -0.669. The van der Waals surface area contributed by atoms with E-state index in [-0.39, 0.29) is 12.3 Å². The molecule has 0 bridgehead atoms. The van der Waals surface area contributed by atoms with Crippen LogP contribution in [0.25, 0.3) is 16.5 Å². The summed E-state index contributed by atoms with van der Waals surface area (Å²) in [6.07, 6.45) is 2.91. The fourth-order valence-electron chi connectivity index (χ4n) is 0.948. The first-order chi connectivity index (χ1) is 8.21. The normalized spacial score (nSPS) is 10.6. The van der Waals surface area contributed by atoms with Gasteiger partial charge in [0.05, 0.1) is 18.6 Å². The number of rotatable bonds is 5. The van der Waals surface area contributed by atoms with Gasteiger partial charge < -0.3 is 9.47 Å². The molecule has 17 heavy (non-hydrogen) atoms. The molecule has 0 N–H and O–H groups in total. The molecule has 0 aromatic carbocycles. The van der Waals surface area contributed by atoms with Crippen LogP contribution in [0.3, 0.4) is 0 Å². The maximum Gasteiger partial charge on any atom is 0.340 e. The number of methoxy groups -OCH3 is 1. The standard InChI is InChI=1S/C9H10N4O3S/c1-3-16-8(14)7(12-13-10)4-6-5-11-9(15-2)17-6/h4-5H,3H2,1-2H3. The van der Waals surface area contributed by atoms with Gasteiger partial charge in [-0.05, 0) is 18.5 Å². The molecule has 1 heterocycles. The number of ether oxygens (including phenoxy) is 2. The monoisotopic (exact) mass is 254 g/mol. The molecule has 0 unspecified atom stereocenters. The Bertz CT molecular complexity index is 476. The number of esters is 1. The summed E-state index contributed by atoms with van der Waals surface area (Å²) in [6.45, 7) is 1.88.